The van der Waals surface area contributed by atoms with Crippen LogP contribution in [0.5, 0.6) is 0 Å². The molecular formula is C24H12F9OP. The van der Waals surface area contributed by atoms with Gasteiger partial charge in [0.05, 0.1) is 0 Å². The molecule has 182 valence electrons. The minimum absolute atomic E-state index is 0.0332. The fourth-order valence-electron chi connectivity index (χ4n) is 3.23. The van der Waals surface area contributed by atoms with Gasteiger partial charge in [0.25, 0.3) is 0 Å². The van der Waals surface area contributed by atoms with Crippen LogP contribution in [0.4, 0.5) is 39.5 Å². The summed E-state index contributed by atoms with van der Waals surface area (Å²) < 4.78 is 130. The van der Waals surface area contributed by atoms with Gasteiger partial charge in [-0.2, -0.15) is 26.3 Å². The second kappa shape index (κ2) is 10.4. The van der Waals surface area contributed by atoms with Crippen LogP contribution in [0.25, 0.3) is 17.5 Å². The third kappa shape index (κ3) is 5.27. The van der Waals surface area contributed by atoms with Crippen molar-refractivity contribution in [3.8, 4) is 0 Å². The lowest BCUT2D eigenvalue weighted by molar-refractivity contribution is 0.410. The van der Waals surface area contributed by atoms with E-state index in [9.17, 15) is 44.1 Å². The van der Waals surface area contributed by atoms with Crippen molar-refractivity contribution in [2.24, 2.45) is 0 Å². The van der Waals surface area contributed by atoms with E-state index in [-0.39, 0.29) is 15.9 Å². The standard InChI is InChI=1S/C24H12F9OP/c25-19(22(28)29)13-1-7-16(8-2-13)35(34,17-9-3-14(4-10-17)20(26)23(30)31)18-11-5-15(6-12-18)21(27)24(32)33/h1-12H. The maximum Gasteiger partial charge on any atom is 0.306 e. The van der Waals surface area contributed by atoms with Crippen LogP contribution in [-0.4, -0.2) is 0 Å². The molecule has 0 fully saturated rings. The molecule has 0 N–H and O–H groups in total. The molecule has 0 saturated carbocycles. The fourth-order valence-corrected chi connectivity index (χ4v) is 5.83. The Morgan fingerprint density at radius 3 is 0.771 bits per heavy atom. The molecule has 1 nitrogen and oxygen atoms in total. The van der Waals surface area contributed by atoms with Gasteiger partial charge in [-0.1, -0.05) is 72.8 Å². The smallest absolute Gasteiger partial charge is 0.306 e. The lowest BCUT2D eigenvalue weighted by Gasteiger charge is -2.21. The molecule has 0 radical (unpaired) electrons. The second-order valence-corrected chi connectivity index (χ2v) is 9.74. The Morgan fingerprint density at radius 2 is 0.600 bits per heavy atom. The zero-order chi connectivity index (χ0) is 25.9. The highest BCUT2D eigenvalue weighted by molar-refractivity contribution is 7.85. The summed E-state index contributed by atoms with van der Waals surface area (Å²) in [6.45, 7) is 0. The van der Waals surface area contributed by atoms with Crippen molar-refractivity contribution in [3.63, 3.8) is 0 Å². The summed E-state index contributed by atoms with van der Waals surface area (Å²) in [5, 5.41) is -0.0995. The molecule has 0 aliphatic rings. The summed E-state index contributed by atoms with van der Waals surface area (Å²) in [4.78, 5) is 0. The first-order chi connectivity index (χ1) is 16.5. The van der Waals surface area contributed by atoms with Gasteiger partial charge in [0.2, 0.25) is 0 Å². The molecule has 0 aliphatic carbocycles. The zero-order valence-corrected chi connectivity index (χ0v) is 18.1. The van der Waals surface area contributed by atoms with Crippen LogP contribution in [0.1, 0.15) is 16.7 Å². The van der Waals surface area contributed by atoms with Crippen LogP contribution >= 0.6 is 7.14 Å². The van der Waals surface area contributed by atoms with E-state index >= 15 is 0 Å². The number of rotatable bonds is 6. The van der Waals surface area contributed by atoms with Crippen LogP contribution in [-0.2, 0) is 4.57 Å². The Morgan fingerprint density at radius 1 is 0.400 bits per heavy atom. The number of benzene rings is 3. The van der Waals surface area contributed by atoms with Crippen molar-refractivity contribution in [2.75, 3.05) is 0 Å². The third-order valence-electron chi connectivity index (χ3n) is 4.95. The molecule has 0 unspecified atom stereocenters. The summed E-state index contributed by atoms with van der Waals surface area (Å²) in [7, 11) is -3.98. The first-order valence-corrected chi connectivity index (χ1v) is 11.2. The summed E-state index contributed by atoms with van der Waals surface area (Å²) >= 11 is 0. The SMILES string of the molecule is O=P(c1ccc(C(F)=C(F)F)cc1)(c1ccc(C(F)=C(F)F)cc1)c1ccc(C(F)=C(F)F)cc1. The average Bonchev–Trinajstić information content (AvgIpc) is 2.87. The molecule has 0 amide bonds. The van der Waals surface area contributed by atoms with E-state index < -0.39 is 59.6 Å². The van der Waals surface area contributed by atoms with Crippen molar-refractivity contribution in [3.05, 3.63) is 108 Å². The van der Waals surface area contributed by atoms with E-state index in [1.807, 2.05) is 0 Å². The predicted molar refractivity (Wildman–Crippen MR) is 117 cm³/mol. The van der Waals surface area contributed by atoms with E-state index in [4.69, 9.17) is 0 Å². The zero-order valence-electron chi connectivity index (χ0n) is 17.2. The van der Waals surface area contributed by atoms with Gasteiger partial charge in [-0.15, -0.1) is 0 Å². The van der Waals surface area contributed by atoms with Gasteiger partial charge < -0.3 is 4.57 Å². The highest BCUT2D eigenvalue weighted by Crippen LogP contribution is 2.43. The van der Waals surface area contributed by atoms with Gasteiger partial charge in [-0.05, 0) is 0 Å². The largest absolute Gasteiger partial charge is 0.309 e. The van der Waals surface area contributed by atoms with Gasteiger partial charge >= 0.3 is 18.2 Å². The number of halogens is 9. The molecule has 3 rings (SSSR count). The molecule has 0 spiro atoms. The molecule has 3 aromatic carbocycles. The van der Waals surface area contributed by atoms with Gasteiger partial charge in [-0.25, -0.2) is 13.2 Å². The third-order valence-corrected chi connectivity index (χ3v) is 8.03. The number of hydrogen-bond acceptors (Lipinski definition) is 1. The highest BCUT2D eigenvalue weighted by Gasteiger charge is 2.30. The Balaban J connectivity index is 2.20. The topological polar surface area (TPSA) is 17.1 Å². The Kier molecular flexibility index (Phi) is 7.75. The molecule has 35 heavy (non-hydrogen) atoms. The minimum Gasteiger partial charge on any atom is -0.309 e. The summed E-state index contributed by atoms with van der Waals surface area (Å²) in [6.07, 6.45) is -7.72. The molecule has 3 aromatic rings. The van der Waals surface area contributed by atoms with Crippen LogP contribution in [0.15, 0.2) is 91.0 Å². The van der Waals surface area contributed by atoms with Gasteiger partial charge in [-0.3, -0.25) is 0 Å². The lowest BCUT2D eigenvalue weighted by Crippen LogP contribution is -2.25. The van der Waals surface area contributed by atoms with Crippen LogP contribution in [0.2, 0.25) is 0 Å². The summed E-state index contributed by atoms with van der Waals surface area (Å²) in [5.41, 5.74) is -1.54. The molecule has 0 heterocycles. The van der Waals surface area contributed by atoms with Crippen LogP contribution in [0, 0.1) is 0 Å². The average molecular weight is 518 g/mol. The van der Waals surface area contributed by atoms with Crippen LogP contribution < -0.4 is 15.9 Å². The Bertz CT molecular complexity index is 1190. The van der Waals surface area contributed by atoms with Gasteiger partial charge in [0, 0.05) is 32.6 Å². The fraction of sp³-hybridized carbons (Fsp3) is 0. The van der Waals surface area contributed by atoms with E-state index in [2.05, 4.69) is 0 Å². The van der Waals surface area contributed by atoms with Crippen molar-refractivity contribution in [1.82, 2.24) is 0 Å². The minimum atomic E-state index is -3.98. The first-order valence-electron chi connectivity index (χ1n) is 9.52. The maximum atomic E-state index is 14.3. The molecule has 11 heteroatoms. The normalized spacial score (nSPS) is 11.1. The Hall–Kier alpha value is -3.52. The molecule has 0 saturated heterocycles. The number of hydrogen-bond donors (Lipinski definition) is 0. The molecular weight excluding hydrogens is 506 g/mol. The van der Waals surface area contributed by atoms with E-state index in [0.717, 1.165) is 72.8 Å². The molecule has 0 bridgehead atoms. The molecule has 0 aliphatic heterocycles. The molecule has 0 aromatic heterocycles. The van der Waals surface area contributed by atoms with E-state index in [0.29, 0.717) is 0 Å². The second-order valence-electron chi connectivity index (χ2n) is 6.97. The highest BCUT2D eigenvalue weighted by atomic mass is 31.2. The summed E-state index contributed by atoms with van der Waals surface area (Å²) in [6, 6.07) is 12.1. The van der Waals surface area contributed by atoms with Crippen molar-refractivity contribution < 1.29 is 44.1 Å². The monoisotopic (exact) mass is 518 g/mol. The van der Waals surface area contributed by atoms with Crippen molar-refractivity contribution in [1.29, 1.82) is 0 Å². The van der Waals surface area contributed by atoms with E-state index in [1.54, 1.807) is 0 Å². The van der Waals surface area contributed by atoms with Crippen molar-refractivity contribution >= 4 is 40.5 Å². The van der Waals surface area contributed by atoms with Crippen molar-refractivity contribution in [2.45, 2.75) is 0 Å². The predicted octanol–water partition coefficient (Wildman–Crippen LogP) is 7.93. The van der Waals surface area contributed by atoms with E-state index in [1.165, 1.54) is 0 Å². The maximum absolute atomic E-state index is 14.3. The van der Waals surface area contributed by atoms with Gasteiger partial charge in [0.1, 0.15) is 0 Å². The quantitative estimate of drug-likeness (QED) is 0.239. The molecule has 0 atom stereocenters. The first kappa shape index (κ1) is 26.1. The van der Waals surface area contributed by atoms with Crippen LogP contribution in [0.3, 0.4) is 0 Å². The lowest BCUT2D eigenvalue weighted by atomic mass is 10.2. The Labute approximate surface area is 192 Å². The summed E-state index contributed by atoms with van der Waals surface area (Å²) in [5.74, 6) is -5.40. The van der Waals surface area contributed by atoms with Gasteiger partial charge in [0.15, 0.2) is 24.6 Å².